The van der Waals surface area contributed by atoms with E-state index in [1.165, 1.54) is 0 Å². The van der Waals surface area contributed by atoms with Crippen LogP contribution in [0, 0.1) is 0 Å². The molecule has 0 spiro atoms. The molecule has 4 heterocycles. The predicted octanol–water partition coefficient (Wildman–Crippen LogP) is 3.96. The highest BCUT2D eigenvalue weighted by Crippen LogP contribution is 2.52. The molecule has 0 fully saturated rings. The van der Waals surface area contributed by atoms with Crippen molar-refractivity contribution in [2.75, 3.05) is 0 Å². The Labute approximate surface area is 182 Å². The van der Waals surface area contributed by atoms with Gasteiger partial charge in [-0.15, -0.1) is 0 Å². The molecule has 1 amide bonds. The Balaban J connectivity index is 1.77. The molecule has 2 atom stereocenters. The second-order valence-corrected chi connectivity index (χ2v) is 9.37. The first-order valence-corrected chi connectivity index (χ1v) is 10.8. The Morgan fingerprint density at radius 2 is 2.06 bits per heavy atom. The topological polar surface area (TPSA) is 83.7 Å². The van der Waals surface area contributed by atoms with Crippen molar-refractivity contribution < 1.29 is 4.79 Å². The highest BCUT2D eigenvalue weighted by molar-refractivity contribution is 6.00. The Bertz CT molecular complexity index is 1180. The summed E-state index contributed by atoms with van der Waals surface area (Å²) in [6, 6.07) is 8.48. The number of aromatic nitrogens is 2. The number of benzene rings is 1. The largest absolute Gasteiger partial charge is 0.362 e. The van der Waals surface area contributed by atoms with Gasteiger partial charge in [-0.1, -0.05) is 25.1 Å². The molecule has 0 saturated heterocycles. The molecule has 0 radical (unpaired) electrons. The minimum absolute atomic E-state index is 0.0157. The van der Waals surface area contributed by atoms with Crippen molar-refractivity contribution in [1.82, 2.24) is 20.4 Å². The molecule has 2 aromatic rings. The van der Waals surface area contributed by atoms with E-state index in [0.717, 1.165) is 52.1 Å². The van der Waals surface area contributed by atoms with Crippen molar-refractivity contribution in [3.8, 4) is 11.1 Å². The fraction of sp³-hybridized carbons (Fsp3) is 0.417. The van der Waals surface area contributed by atoms with E-state index in [1.54, 1.807) is 4.68 Å². The molecule has 1 aromatic carbocycles. The van der Waals surface area contributed by atoms with Gasteiger partial charge in [0.05, 0.1) is 22.9 Å². The number of hydrogen-bond donors (Lipinski definition) is 2. The number of amides is 1. The van der Waals surface area contributed by atoms with Crippen molar-refractivity contribution in [3.63, 3.8) is 0 Å². The summed E-state index contributed by atoms with van der Waals surface area (Å²) in [5.74, 6) is -0.0157. The normalized spacial score (nSPS) is 26.5. The number of rotatable bonds is 3. The molecule has 1 aromatic heterocycles. The minimum atomic E-state index is -0.586. The van der Waals surface area contributed by atoms with Crippen LogP contribution in [0.3, 0.4) is 0 Å². The van der Waals surface area contributed by atoms with E-state index in [9.17, 15) is 4.79 Å². The summed E-state index contributed by atoms with van der Waals surface area (Å²) in [6.07, 6.45) is 5.12. The van der Waals surface area contributed by atoms with E-state index >= 15 is 0 Å². The van der Waals surface area contributed by atoms with Crippen molar-refractivity contribution in [3.05, 3.63) is 64.8 Å². The van der Waals surface area contributed by atoms with E-state index in [4.69, 9.17) is 0 Å². The van der Waals surface area contributed by atoms with Gasteiger partial charge < -0.3 is 10.6 Å². The monoisotopic (exact) mass is 416 g/mol. The van der Waals surface area contributed by atoms with Crippen LogP contribution >= 0.6 is 0 Å². The van der Waals surface area contributed by atoms with Crippen LogP contribution in [0.4, 0.5) is 0 Å². The van der Waals surface area contributed by atoms with E-state index in [1.807, 2.05) is 26.4 Å². The first-order chi connectivity index (χ1) is 14.7. The summed E-state index contributed by atoms with van der Waals surface area (Å²) >= 11 is 0. The molecule has 5 rings (SSSR count). The summed E-state index contributed by atoms with van der Waals surface area (Å²) < 4.78 is 1.80. The zero-order valence-electron chi connectivity index (χ0n) is 18.7. The number of aryl methyl sites for hydroxylation is 1. The third kappa shape index (κ3) is 2.86. The average Bonchev–Trinajstić information content (AvgIpc) is 3.31. The SMILES string of the molecule is CCC1(c2cccc(-c3cnn(C)c3)c2)C2=C(CC(C)(C)NC2=O)NC2N=NC(C)=C21. The number of fused-ring (bicyclic) bond motifs is 1. The van der Waals surface area contributed by atoms with Crippen LogP contribution in [-0.4, -0.2) is 27.4 Å². The number of nitrogens with zero attached hydrogens (tertiary/aromatic N) is 4. The van der Waals surface area contributed by atoms with Crippen LogP contribution in [0.25, 0.3) is 11.1 Å². The molecule has 0 saturated carbocycles. The maximum atomic E-state index is 13.5. The maximum Gasteiger partial charge on any atom is 0.250 e. The zero-order chi connectivity index (χ0) is 22.0. The summed E-state index contributed by atoms with van der Waals surface area (Å²) in [7, 11) is 1.92. The minimum Gasteiger partial charge on any atom is -0.362 e. The Hall–Kier alpha value is -3.22. The van der Waals surface area contributed by atoms with Gasteiger partial charge in [0.1, 0.15) is 0 Å². The molecule has 7 nitrogen and oxygen atoms in total. The van der Waals surface area contributed by atoms with E-state index < -0.39 is 5.41 Å². The molecule has 7 heteroatoms. The van der Waals surface area contributed by atoms with Crippen LogP contribution in [0.2, 0.25) is 0 Å². The van der Waals surface area contributed by atoms with Crippen LogP contribution < -0.4 is 10.6 Å². The number of hydrogen-bond acceptors (Lipinski definition) is 5. The van der Waals surface area contributed by atoms with Crippen LogP contribution in [0.5, 0.6) is 0 Å². The first-order valence-electron chi connectivity index (χ1n) is 10.8. The van der Waals surface area contributed by atoms with E-state index in [-0.39, 0.29) is 17.6 Å². The number of allylic oxidation sites excluding steroid dienone is 1. The number of carbonyl (C=O) groups excluding carboxylic acids is 1. The molecule has 31 heavy (non-hydrogen) atoms. The lowest BCUT2D eigenvalue weighted by Gasteiger charge is -2.48. The zero-order valence-corrected chi connectivity index (χ0v) is 18.7. The highest BCUT2D eigenvalue weighted by atomic mass is 16.2. The standard InChI is InChI=1S/C24H28N6O/c1-6-24(17-9-7-8-15(10-17)16-12-25-30(5)13-16)19-14(2)28-29-21(19)26-18-11-23(3,4)27-22(31)20(18)24/h7-10,12-13,21,26H,6,11H2,1-5H3,(H,27,31). The fourth-order valence-electron chi connectivity index (χ4n) is 5.46. The second kappa shape index (κ2) is 6.64. The molecule has 3 aliphatic heterocycles. The van der Waals surface area contributed by atoms with Crippen LogP contribution in [0.15, 0.2) is 69.4 Å². The maximum absolute atomic E-state index is 13.5. The number of azo groups is 1. The lowest BCUT2D eigenvalue weighted by molar-refractivity contribution is -0.120. The molecular weight excluding hydrogens is 388 g/mol. The summed E-state index contributed by atoms with van der Waals surface area (Å²) in [5, 5.41) is 20.0. The van der Waals surface area contributed by atoms with Crippen molar-refractivity contribution in [2.45, 2.75) is 57.7 Å². The lowest BCUT2D eigenvalue weighted by atomic mass is 9.61. The third-order valence-corrected chi connectivity index (χ3v) is 6.71. The fourth-order valence-corrected chi connectivity index (χ4v) is 5.46. The Morgan fingerprint density at radius 1 is 1.26 bits per heavy atom. The number of carbonyl (C=O) groups is 1. The van der Waals surface area contributed by atoms with Gasteiger partial charge in [-0.3, -0.25) is 9.48 Å². The molecule has 2 unspecified atom stereocenters. The molecule has 3 aliphatic rings. The molecule has 0 bridgehead atoms. The van der Waals surface area contributed by atoms with Crippen molar-refractivity contribution in [1.29, 1.82) is 0 Å². The molecule has 2 N–H and O–H groups in total. The Morgan fingerprint density at radius 3 is 2.77 bits per heavy atom. The van der Waals surface area contributed by atoms with Gasteiger partial charge in [-0.25, -0.2) is 0 Å². The molecule has 160 valence electrons. The van der Waals surface area contributed by atoms with E-state index in [2.05, 4.69) is 71.0 Å². The van der Waals surface area contributed by atoms with Gasteiger partial charge in [0.25, 0.3) is 5.91 Å². The third-order valence-electron chi connectivity index (χ3n) is 6.71. The van der Waals surface area contributed by atoms with Gasteiger partial charge in [0, 0.05) is 42.0 Å². The van der Waals surface area contributed by atoms with Gasteiger partial charge in [0.15, 0.2) is 6.17 Å². The molecular formula is C24H28N6O. The smallest absolute Gasteiger partial charge is 0.250 e. The van der Waals surface area contributed by atoms with Gasteiger partial charge in [0.2, 0.25) is 0 Å². The highest BCUT2D eigenvalue weighted by Gasteiger charge is 2.54. The van der Waals surface area contributed by atoms with Crippen LogP contribution in [0.1, 0.15) is 46.1 Å². The first kappa shape index (κ1) is 19.7. The number of nitrogens with one attached hydrogen (secondary N) is 2. The van der Waals surface area contributed by atoms with Crippen molar-refractivity contribution >= 4 is 5.91 Å². The molecule has 0 aliphatic carbocycles. The van der Waals surface area contributed by atoms with Gasteiger partial charge >= 0.3 is 0 Å². The van der Waals surface area contributed by atoms with Gasteiger partial charge in [-0.05, 0) is 44.4 Å². The Kier molecular flexibility index (Phi) is 4.22. The average molecular weight is 417 g/mol. The predicted molar refractivity (Wildman–Crippen MR) is 119 cm³/mol. The van der Waals surface area contributed by atoms with Crippen molar-refractivity contribution in [2.24, 2.45) is 17.3 Å². The van der Waals surface area contributed by atoms with E-state index in [0.29, 0.717) is 0 Å². The summed E-state index contributed by atoms with van der Waals surface area (Å²) in [5.41, 5.74) is 6.06. The summed E-state index contributed by atoms with van der Waals surface area (Å²) in [4.78, 5) is 13.5. The second-order valence-electron chi connectivity index (χ2n) is 9.37. The van der Waals surface area contributed by atoms with Gasteiger partial charge in [-0.2, -0.15) is 15.3 Å². The van der Waals surface area contributed by atoms with Crippen LogP contribution in [-0.2, 0) is 17.3 Å². The summed E-state index contributed by atoms with van der Waals surface area (Å²) in [6.45, 7) is 8.25. The lowest BCUT2D eigenvalue weighted by Crippen LogP contribution is -2.58. The quantitative estimate of drug-likeness (QED) is 0.794.